The van der Waals surface area contributed by atoms with Crippen LogP contribution in [0.2, 0.25) is 5.02 Å². The molecule has 100 valence electrons. The fourth-order valence-electron chi connectivity index (χ4n) is 1.87. The first kappa shape index (κ1) is 13.9. The van der Waals surface area contributed by atoms with Crippen molar-refractivity contribution in [2.24, 2.45) is 0 Å². The third-order valence-corrected chi connectivity index (χ3v) is 3.31. The number of benzene rings is 2. The van der Waals surface area contributed by atoms with Crippen molar-refractivity contribution in [3.05, 3.63) is 58.6 Å². The smallest absolute Gasteiger partial charge is 0.146 e. The highest BCUT2D eigenvalue weighted by molar-refractivity contribution is 6.32. The predicted molar refractivity (Wildman–Crippen MR) is 78.0 cm³/mol. The molecule has 2 nitrogen and oxygen atoms in total. The Labute approximate surface area is 118 Å². The molecule has 3 heteroatoms. The van der Waals surface area contributed by atoms with Crippen LogP contribution in [-0.4, -0.2) is 5.11 Å². The summed E-state index contributed by atoms with van der Waals surface area (Å²) in [5.74, 6) is 1.42. The van der Waals surface area contributed by atoms with Crippen LogP contribution in [0.3, 0.4) is 0 Å². The van der Waals surface area contributed by atoms with E-state index in [-0.39, 0.29) is 0 Å². The third kappa shape index (κ3) is 3.28. The summed E-state index contributed by atoms with van der Waals surface area (Å²) in [6.07, 6.45) is 0.369. The molecule has 0 aromatic heterocycles. The van der Waals surface area contributed by atoms with Gasteiger partial charge in [0.25, 0.3) is 0 Å². The van der Waals surface area contributed by atoms with Crippen molar-refractivity contribution in [2.45, 2.75) is 26.4 Å². The molecule has 19 heavy (non-hydrogen) atoms. The van der Waals surface area contributed by atoms with Crippen molar-refractivity contribution in [3.63, 3.8) is 0 Å². The van der Waals surface area contributed by atoms with E-state index in [4.69, 9.17) is 16.3 Å². The van der Waals surface area contributed by atoms with E-state index < -0.39 is 6.10 Å². The highest BCUT2D eigenvalue weighted by Crippen LogP contribution is 2.33. The Balaban J connectivity index is 2.28. The number of para-hydroxylation sites is 1. The van der Waals surface area contributed by atoms with Crippen molar-refractivity contribution in [2.75, 3.05) is 0 Å². The molecule has 0 saturated heterocycles. The van der Waals surface area contributed by atoms with Crippen molar-refractivity contribution >= 4 is 11.6 Å². The monoisotopic (exact) mass is 276 g/mol. The minimum absolute atomic E-state index is 0.504. The minimum atomic E-state index is -0.533. The Morgan fingerprint density at radius 3 is 2.53 bits per heavy atom. The molecule has 1 N–H and O–H groups in total. The molecule has 0 bridgehead atoms. The second kappa shape index (κ2) is 6.09. The summed E-state index contributed by atoms with van der Waals surface area (Å²) in [5.41, 5.74) is 1.92. The summed E-state index contributed by atoms with van der Waals surface area (Å²) >= 11 is 6.18. The summed E-state index contributed by atoms with van der Waals surface area (Å²) in [5, 5.41) is 10.0. The maximum atomic E-state index is 9.51. The van der Waals surface area contributed by atoms with E-state index in [0.717, 1.165) is 23.3 Å². The topological polar surface area (TPSA) is 29.5 Å². The van der Waals surface area contributed by atoms with Gasteiger partial charge in [-0.2, -0.15) is 0 Å². The lowest BCUT2D eigenvalue weighted by Gasteiger charge is -2.12. The van der Waals surface area contributed by atoms with Gasteiger partial charge in [-0.1, -0.05) is 42.8 Å². The standard InChI is InChI=1S/C16H17ClO2/c1-3-12-6-4-5-7-15(12)19-16-9-8-13(11(2)18)10-14(16)17/h4-11,18H,3H2,1-2H3. The molecular weight excluding hydrogens is 260 g/mol. The summed E-state index contributed by atoms with van der Waals surface area (Å²) in [7, 11) is 0. The molecule has 0 amide bonds. The average Bonchev–Trinajstić information content (AvgIpc) is 2.41. The Kier molecular flexibility index (Phi) is 4.46. The quantitative estimate of drug-likeness (QED) is 0.873. The first-order valence-corrected chi connectivity index (χ1v) is 6.73. The lowest BCUT2D eigenvalue weighted by Crippen LogP contribution is -1.94. The van der Waals surface area contributed by atoms with Gasteiger partial charge in [-0.05, 0) is 42.7 Å². The largest absolute Gasteiger partial charge is 0.456 e. The molecular formula is C16H17ClO2. The second-order valence-corrected chi connectivity index (χ2v) is 4.84. The van der Waals surface area contributed by atoms with E-state index in [1.807, 2.05) is 30.3 Å². The van der Waals surface area contributed by atoms with Crippen LogP contribution in [0.5, 0.6) is 11.5 Å². The molecule has 1 atom stereocenters. The van der Waals surface area contributed by atoms with E-state index in [1.165, 1.54) is 0 Å². The van der Waals surface area contributed by atoms with Crippen LogP contribution in [0, 0.1) is 0 Å². The molecule has 2 rings (SSSR count). The van der Waals surface area contributed by atoms with E-state index >= 15 is 0 Å². The number of rotatable bonds is 4. The molecule has 0 aliphatic rings. The van der Waals surface area contributed by atoms with Gasteiger partial charge in [0.05, 0.1) is 11.1 Å². The number of aliphatic hydroxyl groups excluding tert-OH is 1. The maximum absolute atomic E-state index is 9.51. The van der Waals surface area contributed by atoms with Gasteiger partial charge in [-0.25, -0.2) is 0 Å². The third-order valence-electron chi connectivity index (χ3n) is 3.01. The summed E-state index contributed by atoms with van der Waals surface area (Å²) in [4.78, 5) is 0. The van der Waals surface area contributed by atoms with E-state index in [0.29, 0.717) is 10.8 Å². The molecule has 2 aromatic carbocycles. The van der Waals surface area contributed by atoms with Gasteiger partial charge < -0.3 is 9.84 Å². The molecule has 0 saturated carbocycles. The van der Waals surface area contributed by atoms with Crippen LogP contribution in [0.25, 0.3) is 0 Å². The Hall–Kier alpha value is -1.51. The number of aryl methyl sites for hydroxylation is 1. The maximum Gasteiger partial charge on any atom is 0.146 e. The summed E-state index contributed by atoms with van der Waals surface area (Å²) in [6.45, 7) is 3.79. The van der Waals surface area contributed by atoms with Crippen molar-refractivity contribution in [1.29, 1.82) is 0 Å². The van der Waals surface area contributed by atoms with Crippen molar-refractivity contribution < 1.29 is 9.84 Å². The van der Waals surface area contributed by atoms with Crippen LogP contribution in [0.4, 0.5) is 0 Å². The van der Waals surface area contributed by atoms with Gasteiger partial charge in [0.1, 0.15) is 11.5 Å². The summed E-state index contributed by atoms with van der Waals surface area (Å²) in [6, 6.07) is 13.2. The van der Waals surface area contributed by atoms with Crippen molar-refractivity contribution in [1.82, 2.24) is 0 Å². The number of aliphatic hydroxyl groups is 1. The number of hydrogen-bond donors (Lipinski definition) is 1. The minimum Gasteiger partial charge on any atom is -0.456 e. The number of halogens is 1. The van der Waals surface area contributed by atoms with Crippen LogP contribution < -0.4 is 4.74 Å². The van der Waals surface area contributed by atoms with Crippen molar-refractivity contribution in [3.8, 4) is 11.5 Å². The second-order valence-electron chi connectivity index (χ2n) is 4.43. The summed E-state index contributed by atoms with van der Waals surface area (Å²) < 4.78 is 5.85. The van der Waals surface area contributed by atoms with Gasteiger partial charge in [0, 0.05) is 0 Å². The van der Waals surface area contributed by atoms with E-state index in [9.17, 15) is 5.11 Å². The van der Waals surface area contributed by atoms with Gasteiger partial charge >= 0.3 is 0 Å². The molecule has 0 fully saturated rings. The molecule has 2 aromatic rings. The highest BCUT2D eigenvalue weighted by Gasteiger charge is 2.09. The Bertz CT molecular complexity index is 564. The van der Waals surface area contributed by atoms with Gasteiger partial charge in [0.2, 0.25) is 0 Å². The SMILES string of the molecule is CCc1ccccc1Oc1ccc(C(C)O)cc1Cl. The van der Waals surface area contributed by atoms with Crippen LogP contribution in [0.1, 0.15) is 31.1 Å². The average molecular weight is 277 g/mol. The first-order valence-electron chi connectivity index (χ1n) is 6.35. The van der Waals surface area contributed by atoms with E-state index in [2.05, 4.69) is 6.92 Å². The van der Waals surface area contributed by atoms with Crippen LogP contribution in [0.15, 0.2) is 42.5 Å². The van der Waals surface area contributed by atoms with Crippen LogP contribution in [-0.2, 0) is 6.42 Å². The zero-order chi connectivity index (χ0) is 13.8. The van der Waals surface area contributed by atoms with Gasteiger partial charge in [0.15, 0.2) is 0 Å². The highest BCUT2D eigenvalue weighted by atomic mass is 35.5. The molecule has 0 aliphatic heterocycles. The lowest BCUT2D eigenvalue weighted by atomic mass is 10.1. The van der Waals surface area contributed by atoms with Gasteiger partial charge in [-0.15, -0.1) is 0 Å². The molecule has 0 heterocycles. The molecule has 0 radical (unpaired) electrons. The number of ether oxygens (including phenoxy) is 1. The molecule has 0 aliphatic carbocycles. The number of hydrogen-bond acceptors (Lipinski definition) is 2. The van der Waals surface area contributed by atoms with Crippen LogP contribution >= 0.6 is 11.6 Å². The van der Waals surface area contributed by atoms with Gasteiger partial charge in [-0.3, -0.25) is 0 Å². The van der Waals surface area contributed by atoms with E-state index in [1.54, 1.807) is 19.1 Å². The first-order chi connectivity index (χ1) is 9.11. The normalized spacial score (nSPS) is 12.2. The fourth-order valence-corrected chi connectivity index (χ4v) is 2.10. The predicted octanol–water partition coefficient (Wildman–Crippen LogP) is 4.75. The Morgan fingerprint density at radius 1 is 1.16 bits per heavy atom. The zero-order valence-corrected chi connectivity index (χ0v) is 11.8. The molecule has 1 unspecified atom stereocenters. The fraction of sp³-hybridized carbons (Fsp3) is 0.250. The molecule has 0 spiro atoms. The zero-order valence-electron chi connectivity index (χ0n) is 11.1. The Morgan fingerprint density at radius 2 is 1.89 bits per heavy atom. The lowest BCUT2D eigenvalue weighted by molar-refractivity contribution is 0.199.